The summed E-state index contributed by atoms with van der Waals surface area (Å²) in [6.07, 6.45) is 4.14. The van der Waals surface area contributed by atoms with Gasteiger partial charge in [-0.2, -0.15) is 0 Å². The van der Waals surface area contributed by atoms with E-state index in [1.54, 1.807) is 25.4 Å². The Labute approximate surface area is 146 Å². The van der Waals surface area contributed by atoms with Gasteiger partial charge in [0.15, 0.2) is 5.82 Å². The average molecular weight is 336 g/mol. The maximum absolute atomic E-state index is 12.3. The Morgan fingerprint density at radius 1 is 1.20 bits per heavy atom. The number of pyridine rings is 1. The first kappa shape index (κ1) is 16.7. The summed E-state index contributed by atoms with van der Waals surface area (Å²) in [6.45, 7) is 3.82. The highest BCUT2D eigenvalue weighted by Crippen LogP contribution is 2.18. The second kappa shape index (κ2) is 7.61. The number of carbonyl (C=O) groups excluding carboxylic acids is 1. The zero-order valence-electron chi connectivity index (χ0n) is 14.2. The fourth-order valence-electron chi connectivity index (χ4n) is 2.53. The van der Waals surface area contributed by atoms with Crippen LogP contribution >= 0.6 is 0 Å². The van der Waals surface area contributed by atoms with Crippen LogP contribution in [0.5, 0.6) is 0 Å². The fourth-order valence-corrected chi connectivity index (χ4v) is 2.53. The van der Waals surface area contributed by atoms with Crippen molar-refractivity contribution in [2.45, 2.75) is 26.3 Å². The van der Waals surface area contributed by atoms with Gasteiger partial charge in [-0.25, -0.2) is 4.79 Å². The van der Waals surface area contributed by atoms with Gasteiger partial charge in [0, 0.05) is 18.5 Å². The molecule has 2 amide bonds. The molecule has 128 valence electrons. The van der Waals surface area contributed by atoms with Crippen LogP contribution in [0.2, 0.25) is 0 Å². The summed E-state index contributed by atoms with van der Waals surface area (Å²) in [6, 6.07) is 13.2. The van der Waals surface area contributed by atoms with Crippen molar-refractivity contribution < 1.29 is 9.32 Å². The first-order valence-electron chi connectivity index (χ1n) is 8.06. The lowest BCUT2D eigenvalue weighted by Crippen LogP contribution is -2.33. The van der Waals surface area contributed by atoms with Crippen LogP contribution in [0.4, 0.5) is 10.6 Å². The highest BCUT2D eigenvalue weighted by molar-refractivity contribution is 5.88. The second-order valence-corrected chi connectivity index (χ2v) is 5.95. The fraction of sp³-hybridized carbons (Fsp3) is 0.211. The highest BCUT2D eigenvalue weighted by atomic mass is 16.5. The number of benzene rings is 1. The minimum Gasteiger partial charge on any atom is -0.360 e. The van der Waals surface area contributed by atoms with Crippen LogP contribution in [0.1, 0.15) is 28.5 Å². The molecule has 2 heterocycles. The van der Waals surface area contributed by atoms with Crippen molar-refractivity contribution in [1.82, 2.24) is 15.5 Å². The number of nitrogens with one attached hydrogen (secondary N) is 2. The monoisotopic (exact) mass is 336 g/mol. The van der Waals surface area contributed by atoms with E-state index in [-0.39, 0.29) is 12.1 Å². The van der Waals surface area contributed by atoms with Crippen molar-refractivity contribution in [3.63, 3.8) is 0 Å². The Balaban J connectivity index is 1.74. The number of hydrogen-bond acceptors (Lipinski definition) is 4. The average Bonchev–Trinajstić information content (AvgIpc) is 3.01. The van der Waals surface area contributed by atoms with Gasteiger partial charge < -0.3 is 9.84 Å². The largest absolute Gasteiger partial charge is 0.360 e. The lowest BCUT2D eigenvalue weighted by atomic mass is 9.99. The summed E-state index contributed by atoms with van der Waals surface area (Å²) in [7, 11) is 0. The third-order valence-corrected chi connectivity index (χ3v) is 3.82. The Bertz CT molecular complexity index is 828. The molecule has 25 heavy (non-hydrogen) atoms. The highest BCUT2D eigenvalue weighted by Gasteiger charge is 2.16. The molecular formula is C19H20N4O2. The molecule has 0 saturated carbocycles. The van der Waals surface area contributed by atoms with Gasteiger partial charge in [-0.15, -0.1) is 0 Å². The van der Waals surface area contributed by atoms with E-state index >= 15 is 0 Å². The summed E-state index contributed by atoms with van der Waals surface area (Å²) in [5.74, 6) is 1.02. The first-order chi connectivity index (χ1) is 12.1. The van der Waals surface area contributed by atoms with Gasteiger partial charge in [-0.3, -0.25) is 10.3 Å². The molecule has 6 heteroatoms. The normalized spacial score (nSPS) is 11.8. The summed E-state index contributed by atoms with van der Waals surface area (Å²) >= 11 is 0. The number of anilines is 1. The van der Waals surface area contributed by atoms with Crippen LogP contribution in [-0.4, -0.2) is 16.2 Å². The van der Waals surface area contributed by atoms with Gasteiger partial charge in [-0.1, -0.05) is 41.1 Å². The summed E-state index contributed by atoms with van der Waals surface area (Å²) in [5.41, 5.74) is 3.28. The maximum Gasteiger partial charge on any atom is 0.320 e. The molecule has 3 rings (SSSR count). The van der Waals surface area contributed by atoms with Gasteiger partial charge in [0.05, 0.1) is 6.04 Å². The van der Waals surface area contributed by atoms with E-state index in [0.717, 1.165) is 11.1 Å². The smallest absolute Gasteiger partial charge is 0.320 e. The predicted molar refractivity (Wildman–Crippen MR) is 95.3 cm³/mol. The van der Waals surface area contributed by atoms with Crippen molar-refractivity contribution in [3.05, 3.63) is 77.3 Å². The van der Waals surface area contributed by atoms with Crippen LogP contribution < -0.4 is 10.6 Å². The topological polar surface area (TPSA) is 80.0 Å². The van der Waals surface area contributed by atoms with Crippen LogP contribution in [-0.2, 0) is 6.42 Å². The number of aromatic nitrogens is 2. The van der Waals surface area contributed by atoms with Gasteiger partial charge in [-0.05, 0) is 37.5 Å². The van der Waals surface area contributed by atoms with Crippen molar-refractivity contribution in [1.29, 1.82) is 0 Å². The van der Waals surface area contributed by atoms with Crippen LogP contribution in [0.25, 0.3) is 0 Å². The molecule has 0 saturated heterocycles. The van der Waals surface area contributed by atoms with Crippen LogP contribution in [0.15, 0.2) is 59.4 Å². The predicted octanol–water partition coefficient (Wildman–Crippen LogP) is 3.79. The standard InChI is InChI=1S/C19H20N4O2/c1-13-5-7-15(8-6-13)11-17(16-4-3-9-20-12-16)21-19(24)22-18-10-14(2)25-23-18/h3-10,12,17H,11H2,1-2H3,(H2,21,22,23,24)/t17-/m0/s1. The van der Waals surface area contributed by atoms with E-state index in [1.807, 2.05) is 19.1 Å². The zero-order chi connectivity index (χ0) is 17.6. The molecule has 1 atom stereocenters. The number of urea groups is 1. The molecule has 1 aromatic carbocycles. The Hall–Kier alpha value is -3.15. The van der Waals surface area contributed by atoms with Gasteiger partial charge >= 0.3 is 6.03 Å². The molecule has 0 spiro atoms. The zero-order valence-corrected chi connectivity index (χ0v) is 14.2. The number of hydrogen-bond donors (Lipinski definition) is 2. The molecule has 2 aromatic heterocycles. The van der Waals surface area contributed by atoms with Gasteiger partial charge in [0.1, 0.15) is 5.76 Å². The second-order valence-electron chi connectivity index (χ2n) is 5.95. The van der Waals surface area contributed by atoms with Crippen molar-refractivity contribution in [3.8, 4) is 0 Å². The molecule has 2 N–H and O–H groups in total. The molecule has 0 bridgehead atoms. The minimum absolute atomic E-state index is 0.204. The summed E-state index contributed by atoms with van der Waals surface area (Å²) in [4.78, 5) is 16.5. The molecule has 0 fully saturated rings. The van der Waals surface area contributed by atoms with E-state index < -0.39 is 0 Å². The van der Waals surface area contributed by atoms with Crippen molar-refractivity contribution >= 4 is 11.8 Å². The number of rotatable bonds is 5. The first-order valence-corrected chi connectivity index (χ1v) is 8.06. The van der Waals surface area contributed by atoms with E-state index in [4.69, 9.17) is 4.52 Å². The molecule has 0 aliphatic heterocycles. The minimum atomic E-state index is -0.339. The van der Waals surface area contributed by atoms with Crippen LogP contribution in [0, 0.1) is 13.8 Å². The van der Waals surface area contributed by atoms with Gasteiger partial charge in [0.2, 0.25) is 0 Å². The van der Waals surface area contributed by atoms with E-state index in [2.05, 4.69) is 45.0 Å². The quantitative estimate of drug-likeness (QED) is 0.743. The Kier molecular flexibility index (Phi) is 5.09. The molecule has 0 aliphatic rings. The maximum atomic E-state index is 12.3. The molecule has 6 nitrogen and oxygen atoms in total. The van der Waals surface area contributed by atoms with Crippen molar-refractivity contribution in [2.75, 3.05) is 5.32 Å². The van der Waals surface area contributed by atoms with Gasteiger partial charge in [0.25, 0.3) is 0 Å². The number of carbonyl (C=O) groups is 1. The Morgan fingerprint density at radius 3 is 2.64 bits per heavy atom. The third kappa shape index (κ3) is 4.67. The third-order valence-electron chi connectivity index (χ3n) is 3.82. The molecule has 0 radical (unpaired) electrons. The number of aryl methyl sites for hydroxylation is 2. The number of nitrogens with zero attached hydrogens (tertiary/aromatic N) is 2. The SMILES string of the molecule is Cc1ccc(C[C@H](NC(=O)Nc2cc(C)on2)c2cccnc2)cc1. The lowest BCUT2D eigenvalue weighted by Gasteiger charge is -2.19. The van der Waals surface area contributed by atoms with E-state index in [0.29, 0.717) is 18.0 Å². The number of amides is 2. The molecule has 0 unspecified atom stereocenters. The molecule has 0 aliphatic carbocycles. The summed E-state index contributed by atoms with van der Waals surface area (Å²) < 4.78 is 4.96. The van der Waals surface area contributed by atoms with E-state index in [9.17, 15) is 4.79 Å². The molecule has 3 aromatic rings. The Morgan fingerprint density at radius 2 is 2.00 bits per heavy atom. The molecular weight excluding hydrogens is 316 g/mol. The van der Waals surface area contributed by atoms with E-state index in [1.165, 1.54) is 5.56 Å². The summed E-state index contributed by atoms with van der Waals surface area (Å²) in [5, 5.41) is 9.44. The lowest BCUT2D eigenvalue weighted by molar-refractivity contribution is 0.248. The van der Waals surface area contributed by atoms with Crippen LogP contribution in [0.3, 0.4) is 0 Å². The van der Waals surface area contributed by atoms with Crippen molar-refractivity contribution in [2.24, 2.45) is 0 Å².